The molecule has 0 bridgehead atoms. The van der Waals surface area contributed by atoms with E-state index in [0.717, 1.165) is 10.6 Å². The summed E-state index contributed by atoms with van der Waals surface area (Å²) in [6, 6.07) is 13.1. The van der Waals surface area contributed by atoms with Gasteiger partial charge in [0.15, 0.2) is 5.11 Å². The molecule has 0 heterocycles. The molecule has 0 unspecified atom stereocenters. The average Bonchev–Trinajstić information content (AvgIpc) is 2.60. The molecule has 0 saturated heterocycles. The molecule has 0 aliphatic carbocycles. The van der Waals surface area contributed by atoms with E-state index in [1.807, 2.05) is 24.3 Å². The number of halogens is 1. The van der Waals surface area contributed by atoms with E-state index in [1.165, 1.54) is 23.9 Å². The number of hydrogen-bond acceptors (Lipinski definition) is 4. The van der Waals surface area contributed by atoms with Gasteiger partial charge in [0.1, 0.15) is 11.6 Å². The minimum Gasteiger partial charge on any atom is -0.497 e. The molecule has 0 aliphatic rings. The van der Waals surface area contributed by atoms with Crippen molar-refractivity contribution >= 4 is 40.7 Å². The van der Waals surface area contributed by atoms with Crippen molar-refractivity contribution in [2.45, 2.75) is 4.90 Å². The molecule has 0 fully saturated rings. The van der Waals surface area contributed by atoms with Crippen molar-refractivity contribution < 1.29 is 13.9 Å². The first-order valence-corrected chi connectivity index (χ1v) is 8.34. The van der Waals surface area contributed by atoms with Crippen LogP contribution in [0, 0.1) is 5.82 Å². The first-order chi connectivity index (χ1) is 11.6. The third-order valence-corrected chi connectivity index (χ3v) is 4.06. The maximum absolute atomic E-state index is 12.8. The molecule has 24 heavy (non-hydrogen) atoms. The molecule has 1 amide bonds. The molecule has 0 aromatic heterocycles. The smallest absolute Gasteiger partial charge is 0.248 e. The number of amides is 1. The standard InChI is InChI=1S/C16H16FN3O2S2/c1-22-13-6-8-14(9-7-13)24-10-15(21)19-20-16(23)18-12-4-2-11(17)3-5-12/h2-9H,10H2,1H3,(H,19,21)(H2,18,20,23). The van der Waals surface area contributed by atoms with Crippen molar-refractivity contribution in [3.8, 4) is 5.75 Å². The molecule has 2 rings (SSSR count). The van der Waals surface area contributed by atoms with Gasteiger partial charge < -0.3 is 10.1 Å². The first-order valence-electron chi connectivity index (χ1n) is 6.95. The van der Waals surface area contributed by atoms with E-state index in [9.17, 15) is 9.18 Å². The van der Waals surface area contributed by atoms with Crippen molar-refractivity contribution in [1.82, 2.24) is 10.9 Å². The molecule has 126 valence electrons. The summed E-state index contributed by atoms with van der Waals surface area (Å²) in [5.41, 5.74) is 5.71. The van der Waals surface area contributed by atoms with Crippen LogP contribution in [0.1, 0.15) is 0 Å². The third-order valence-electron chi connectivity index (χ3n) is 2.85. The highest BCUT2D eigenvalue weighted by molar-refractivity contribution is 8.00. The number of carbonyl (C=O) groups excluding carboxylic acids is 1. The molecule has 5 nitrogen and oxygen atoms in total. The number of hydrazine groups is 1. The number of ether oxygens (including phenoxy) is 1. The second-order valence-electron chi connectivity index (χ2n) is 4.60. The molecule has 2 aromatic rings. The minimum absolute atomic E-state index is 0.212. The summed E-state index contributed by atoms with van der Waals surface area (Å²) < 4.78 is 17.9. The lowest BCUT2D eigenvalue weighted by molar-refractivity contribution is -0.119. The van der Waals surface area contributed by atoms with Gasteiger partial charge in [0.25, 0.3) is 0 Å². The molecule has 8 heteroatoms. The predicted molar refractivity (Wildman–Crippen MR) is 97.6 cm³/mol. The Bertz CT molecular complexity index is 693. The molecule has 3 N–H and O–H groups in total. The Morgan fingerprint density at radius 2 is 1.79 bits per heavy atom. The Kier molecular flexibility index (Phi) is 6.83. The van der Waals surface area contributed by atoms with Crippen LogP contribution in [0.2, 0.25) is 0 Å². The van der Waals surface area contributed by atoms with Gasteiger partial charge in [0.2, 0.25) is 5.91 Å². The van der Waals surface area contributed by atoms with E-state index < -0.39 is 0 Å². The number of rotatable bonds is 5. The van der Waals surface area contributed by atoms with Gasteiger partial charge in [-0.15, -0.1) is 11.8 Å². The topological polar surface area (TPSA) is 62.4 Å². The lowest BCUT2D eigenvalue weighted by Crippen LogP contribution is -2.44. The fourth-order valence-electron chi connectivity index (χ4n) is 1.68. The van der Waals surface area contributed by atoms with E-state index in [-0.39, 0.29) is 22.6 Å². The van der Waals surface area contributed by atoms with Gasteiger partial charge in [-0.05, 0) is 60.7 Å². The molecule has 0 aliphatic heterocycles. The summed E-state index contributed by atoms with van der Waals surface area (Å²) in [6.45, 7) is 0. The van der Waals surface area contributed by atoms with E-state index in [1.54, 1.807) is 19.2 Å². The van der Waals surface area contributed by atoms with Crippen LogP contribution in [0.5, 0.6) is 5.75 Å². The predicted octanol–water partition coefficient (Wildman–Crippen LogP) is 2.94. The first kappa shape index (κ1) is 18.0. The zero-order chi connectivity index (χ0) is 17.4. The quantitative estimate of drug-likeness (QED) is 0.430. The van der Waals surface area contributed by atoms with Gasteiger partial charge in [0.05, 0.1) is 12.9 Å². The normalized spacial score (nSPS) is 9.92. The van der Waals surface area contributed by atoms with Crippen molar-refractivity contribution in [1.29, 1.82) is 0 Å². The van der Waals surface area contributed by atoms with E-state index in [2.05, 4.69) is 16.2 Å². The van der Waals surface area contributed by atoms with Crippen LogP contribution in [0.4, 0.5) is 10.1 Å². The van der Waals surface area contributed by atoms with Crippen LogP contribution in [0.3, 0.4) is 0 Å². The lowest BCUT2D eigenvalue weighted by atomic mass is 10.3. The lowest BCUT2D eigenvalue weighted by Gasteiger charge is -2.11. The second kappa shape index (κ2) is 9.09. The number of thiocarbonyl (C=S) groups is 1. The molecular weight excluding hydrogens is 349 g/mol. The zero-order valence-electron chi connectivity index (χ0n) is 12.8. The van der Waals surface area contributed by atoms with Crippen LogP contribution in [0.15, 0.2) is 53.4 Å². The van der Waals surface area contributed by atoms with E-state index >= 15 is 0 Å². The maximum Gasteiger partial charge on any atom is 0.248 e. The maximum atomic E-state index is 12.8. The summed E-state index contributed by atoms with van der Waals surface area (Å²) in [4.78, 5) is 12.7. The molecule has 0 saturated carbocycles. The SMILES string of the molecule is COc1ccc(SCC(=O)NNC(=S)Nc2ccc(F)cc2)cc1. The van der Waals surface area contributed by atoms with Crippen molar-refractivity contribution in [3.05, 3.63) is 54.3 Å². The van der Waals surface area contributed by atoms with Crippen LogP contribution in [0.25, 0.3) is 0 Å². The number of thioether (sulfide) groups is 1. The summed E-state index contributed by atoms with van der Waals surface area (Å²) >= 11 is 6.43. The fourth-order valence-corrected chi connectivity index (χ4v) is 2.55. The van der Waals surface area contributed by atoms with Gasteiger partial charge >= 0.3 is 0 Å². The Balaban J connectivity index is 1.70. The molecule has 2 aromatic carbocycles. The van der Waals surface area contributed by atoms with Gasteiger partial charge in [-0.25, -0.2) is 4.39 Å². The number of anilines is 1. The molecular formula is C16H16FN3O2S2. The van der Waals surface area contributed by atoms with Gasteiger partial charge in [-0.3, -0.25) is 15.6 Å². The summed E-state index contributed by atoms with van der Waals surface area (Å²) in [7, 11) is 1.60. The Morgan fingerprint density at radius 3 is 2.42 bits per heavy atom. The fraction of sp³-hybridized carbons (Fsp3) is 0.125. The number of methoxy groups -OCH3 is 1. The highest BCUT2D eigenvalue weighted by Crippen LogP contribution is 2.20. The molecule has 0 radical (unpaired) electrons. The molecule has 0 spiro atoms. The summed E-state index contributed by atoms with van der Waals surface area (Å²) in [5.74, 6) is 0.448. The van der Waals surface area contributed by atoms with Crippen LogP contribution in [-0.2, 0) is 4.79 Å². The number of hydrogen-bond donors (Lipinski definition) is 3. The minimum atomic E-state index is -0.330. The van der Waals surface area contributed by atoms with Gasteiger partial charge in [-0.2, -0.15) is 0 Å². The number of nitrogens with one attached hydrogen (secondary N) is 3. The summed E-state index contributed by atoms with van der Waals surface area (Å²) in [5, 5.41) is 3.04. The monoisotopic (exact) mass is 365 g/mol. The van der Waals surface area contributed by atoms with Crippen molar-refractivity contribution in [3.63, 3.8) is 0 Å². The van der Waals surface area contributed by atoms with E-state index in [4.69, 9.17) is 17.0 Å². The van der Waals surface area contributed by atoms with Crippen molar-refractivity contribution in [2.24, 2.45) is 0 Å². The average molecular weight is 365 g/mol. The zero-order valence-corrected chi connectivity index (χ0v) is 14.5. The van der Waals surface area contributed by atoms with Crippen molar-refractivity contribution in [2.75, 3.05) is 18.2 Å². The molecule has 0 atom stereocenters. The number of carbonyl (C=O) groups is 1. The van der Waals surface area contributed by atoms with Crippen LogP contribution >= 0.6 is 24.0 Å². The Labute approximate surface area is 148 Å². The second-order valence-corrected chi connectivity index (χ2v) is 6.06. The third kappa shape index (κ3) is 6.05. The van der Waals surface area contributed by atoms with Crippen LogP contribution < -0.4 is 20.9 Å². The highest BCUT2D eigenvalue weighted by atomic mass is 32.2. The van der Waals surface area contributed by atoms with Crippen LogP contribution in [-0.4, -0.2) is 23.9 Å². The van der Waals surface area contributed by atoms with E-state index in [0.29, 0.717) is 5.69 Å². The number of benzene rings is 2. The Morgan fingerprint density at radius 1 is 1.12 bits per heavy atom. The van der Waals surface area contributed by atoms with Gasteiger partial charge in [-0.1, -0.05) is 0 Å². The summed E-state index contributed by atoms with van der Waals surface area (Å²) in [6.07, 6.45) is 0. The van der Waals surface area contributed by atoms with Gasteiger partial charge in [0, 0.05) is 10.6 Å². The highest BCUT2D eigenvalue weighted by Gasteiger charge is 2.04. The Hall–Kier alpha value is -2.32. The largest absolute Gasteiger partial charge is 0.497 e.